The minimum absolute atomic E-state index is 0.131. The van der Waals surface area contributed by atoms with Crippen LogP contribution in [0.4, 0.5) is 11.5 Å². The number of esters is 2. The highest BCUT2D eigenvalue weighted by atomic mass is 16.6. The van der Waals surface area contributed by atoms with Crippen LogP contribution in [0.3, 0.4) is 0 Å². The zero-order valence-corrected chi connectivity index (χ0v) is 18.1. The number of hydrogen-bond donors (Lipinski definition) is 2. The second kappa shape index (κ2) is 8.81. The Balaban J connectivity index is 1.56. The van der Waals surface area contributed by atoms with E-state index in [4.69, 9.17) is 15.2 Å². The smallest absolute Gasteiger partial charge is 0.338 e. The summed E-state index contributed by atoms with van der Waals surface area (Å²) in [5, 5.41) is 10.8. The van der Waals surface area contributed by atoms with E-state index in [-0.39, 0.29) is 34.6 Å². The van der Waals surface area contributed by atoms with Gasteiger partial charge in [0.25, 0.3) is 5.69 Å². The third-order valence-electron chi connectivity index (χ3n) is 5.75. The summed E-state index contributed by atoms with van der Waals surface area (Å²) in [7, 11) is 0. The minimum Gasteiger partial charge on any atom is -0.462 e. The number of fused-ring (bicyclic) bond motifs is 1. The largest absolute Gasteiger partial charge is 0.462 e. The number of imidazole rings is 1. The average molecular weight is 467 g/mol. The zero-order chi connectivity index (χ0) is 24.6. The number of nitro groups is 1. The topological polar surface area (TPSA) is 172 Å². The van der Waals surface area contributed by atoms with Crippen molar-refractivity contribution < 1.29 is 24.0 Å². The van der Waals surface area contributed by atoms with Crippen LogP contribution in [0.2, 0.25) is 0 Å². The molecule has 1 aliphatic carbocycles. The van der Waals surface area contributed by atoms with Crippen LogP contribution in [-0.2, 0) is 14.3 Å². The Morgan fingerprint density at radius 2 is 2.06 bits per heavy atom. The molecule has 3 aromatic rings. The highest BCUT2D eigenvalue weighted by molar-refractivity contribution is 5.89. The van der Waals surface area contributed by atoms with Gasteiger partial charge in [-0.1, -0.05) is 6.58 Å². The number of nitrogens with two attached hydrogens (primary N) is 1. The fourth-order valence-corrected chi connectivity index (χ4v) is 4.12. The standard InChI is InChI=1S/C22H21N5O7/c1-11-15(9-33-22(30)13-3-5-14(6-4-13)27(31)32)18(34-12(2)28)7-16(11)26-10-24-20-17(29)8-19(23)25-21(20)26/h3-6,8,10,15-16,18H,1,7,9H2,2H3,(H3,23,25,29)/t15-,16-,18-/m0/s1. The van der Waals surface area contributed by atoms with Crippen molar-refractivity contribution in [2.45, 2.75) is 25.5 Å². The summed E-state index contributed by atoms with van der Waals surface area (Å²) in [4.78, 5) is 53.7. The SMILES string of the molecule is C=C1[C@H](COC(=O)c2ccc([N+](=O)[O-])cc2)[C@@H](OC(C)=O)C[C@@H]1n1cnc2c(=O)cc(N)[nH]c21. The number of carbonyl (C=O) groups excluding carboxylic acids is 2. The van der Waals surface area contributed by atoms with Gasteiger partial charge in [-0.25, -0.2) is 9.78 Å². The number of pyridine rings is 1. The molecule has 3 N–H and O–H groups in total. The quantitative estimate of drug-likeness (QED) is 0.238. The molecular formula is C22H21N5O7. The van der Waals surface area contributed by atoms with Crippen molar-refractivity contribution in [1.82, 2.24) is 14.5 Å². The van der Waals surface area contributed by atoms with E-state index in [1.54, 1.807) is 4.57 Å². The molecule has 0 aliphatic heterocycles. The van der Waals surface area contributed by atoms with Gasteiger partial charge < -0.3 is 24.8 Å². The number of nitro benzene ring substituents is 1. The van der Waals surface area contributed by atoms with E-state index in [9.17, 15) is 24.5 Å². The van der Waals surface area contributed by atoms with E-state index < -0.39 is 34.9 Å². The van der Waals surface area contributed by atoms with E-state index in [1.165, 1.54) is 43.6 Å². The van der Waals surface area contributed by atoms with Crippen LogP contribution in [0, 0.1) is 16.0 Å². The Hall–Kier alpha value is -4.48. The van der Waals surface area contributed by atoms with Crippen LogP contribution in [0.5, 0.6) is 0 Å². The van der Waals surface area contributed by atoms with Gasteiger partial charge in [-0.2, -0.15) is 0 Å². The predicted molar refractivity (Wildman–Crippen MR) is 120 cm³/mol. The highest BCUT2D eigenvalue weighted by Crippen LogP contribution is 2.42. The third kappa shape index (κ3) is 4.25. The molecule has 3 atom stereocenters. The maximum atomic E-state index is 12.5. The lowest BCUT2D eigenvalue weighted by atomic mass is 10.0. The first-order valence-corrected chi connectivity index (χ1v) is 10.3. The number of benzene rings is 1. The number of aromatic nitrogens is 3. The Kier molecular flexibility index (Phi) is 5.88. The second-order valence-electron chi connectivity index (χ2n) is 7.92. The number of hydrogen-bond acceptors (Lipinski definition) is 9. The first-order valence-electron chi connectivity index (χ1n) is 10.3. The van der Waals surface area contributed by atoms with Gasteiger partial charge in [-0.05, 0) is 17.7 Å². The number of H-pyrrole nitrogens is 1. The maximum absolute atomic E-state index is 12.5. The fraction of sp³-hybridized carbons (Fsp3) is 0.273. The number of carbonyl (C=O) groups is 2. The Morgan fingerprint density at radius 3 is 2.71 bits per heavy atom. The van der Waals surface area contributed by atoms with Crippen molar-refractivity contribution in [3.05, 3.63) is 74.7 Å². The van der Waals surface area contributed by atoms with E-state index in [0.717, 1.165) is 0 Å². The van der Waals surface area contributed by atoms with Gasteiger partial charge in [-0.3, -0.25) is 19.7 Å². The summed E-state index contributed by atoms with van der Waals surface area (Å²) < 4.78 is 12.6. The predicted octanol–water partition coefficient (Wildman–Crippen LogP) is 2.12. The van der Waals surface area contributed by atoms with Crippen molar-refractivity contribution in [3.8, 4) is 0 Å². The molecule has 4 rings (SSSR count). The summed E-state index contributed by atoms with van der Waals surface area (Å²) in [6.07, 6.45) is 1.17. The Morgan fingerprint density at radius 1 is 1.35 bits per heavy atom. The molecule has 12 heteroatoms. The zero-order valence-electron chi connectivity index (χ0n) is 18.1. The third-order valence-corrected chi connectivity index (χ3v) is 5.75. The summed E-state index contributed by atoms with van der Waals surface area (Å²) in [6, 6.07) is 5.85. The van der Waals surface area contributed by atoms with E-state index >= 15 is 0 Å². The second-order valence-corrected chi connectivity index (χ2v) is 7.92. The summed E-state index contributed by atoms with van der Waals surface area (Å²) in [5.74, 6) is -1.54. The van der Waals surface area contributed by atoms with Gasteiger partial charge >= 0.3 is 11.9 Å². The fourth-order valence-electron chi connectivity index (χ4n) is 4.12. The van der Waals surface area contributed by atoms with Crippen molar-refractivity contribution >= 4 is 34.6 Å². The van der Waals surface area contributed by atoms with E-state index in [1.807, 2.05) is 0 Å². The molecule has 12 nitrogen and oxygen atoms in total. The molecule has 34 heavy (non-hydrogen) atoms. The van der Waals surface area contributed by atoms with Crippen molar-refractivity contribution in [1.29, 1.82) is 0 Å². The Labute approximate surface area is 192 Å². The molecule has 0 bridgehead atoms. The van der Waals surface area contributed by atoms with Crippen molar-refractivity contribution in [2.24, 2.45) is 5.92 Å². The van der Waals surface area contributed by atoms with Crippen LogP contribution in [0.15, 0.2) is 53.6 Å². The van der Waals surface area contributed by atoms with Gasteiger partial charge in [0.05, 0.1) is 28.8 Å². The number of non-ortho nitro benzene ring substituents is 1. The number of aromatic amines is 1. The molecule has 1 aromatic carbocycles. The van der Waals surface area contributed by atoms with Gasteiger partial charge in [-0.15, -0.1) is 0 Å². The number of nitrogens with one attached hydrogen (secondary N) is 1. The number of ether oxygens (including phenoxy) is 2. The van der Waals surface area contributed by atoms with Gasteiger partial charge in [0.2, 0.25) is 5.43 Å². The van der Waals surface area contributed by atoms with Crippen LogP contribution in [-0.4, -0.2) is 44.1 Å². The molecule has 2 aromatic heterocycles. The molecule has 2 heterocycles. The first kappa shape index (κ1) is 22.7. The Bertz CT molecular complexity index is 1360. The van der Waals surface area contributed by atoms with E-state index in [0.29, 0.717) is 17.6 Å². The highest BCUT2D eigenvalue weighted by Gasteiger charge is 2.42. The lowest BCUT2D eigenvalue weighted by Crippen LogP contribution is -2.26. The van der Waals surface area contributed by atoms with Crippen molar-refractivity contribution in [2.75, 3.05) is 12.3 Å². The number of anilines is 1. The number of rotatable bonds is 6. The van der Waals surface area contributed by atoms with Gasteiger partial charge in [0.15, 0.2) is 5.52 Å². The van der Waals surface area contributed by atoms with Gasteiger partial charge in [0.1, 0.15) is 24.2 Å². The summed E-state index contributed by atoms with van der Waals surface area (Å²) >= 11 is 0. The molecule has 1 saturated carbocycles. The summed E-state index contributed by atoms with van der Waals surface area (Å²) in [6.45, 7) is 5.28. The monoisotopic (exact) mass is 467 g/mol. The molecular weight excluding hydrogens is 446 g/mol. The summed E-state index contributed by atoms with van der Waals surface area (Å²) in [5.41, 5.74) is 6.67. The van der Waals surface area contributed by atoms with Crippen LogP contribution in [0.25, 0.3) is 11.2 Å². The lowest BCUT2D eigenvalue weighted by Gasteiger charge is -2.20. The molecule has 0 unspecified atom stereocenters. The lowest BCUT2D eigenvalue weighted by molar-refractivity contribution is -0.384. The first-order chi connectivity index (χ1) is 16.2. The van der Waals surface area contributed by atoms with Crippen LogP contribution >= 0.6 is 0 Å². The molecule has 176 valence electrons. The van der Waals surface area contributed by atoms with Crippen molar-refractivity contribution in [3.63, 3.8) is 0 Å². The molecule has 0 radical (unpaired) electrons. The van der Waals surface area contributed by atoms with Crippen LogP contribution < -0.4 is 11.2 Å². The van der Waals surface area contributed by atoms with E-state index in [2.05, 4.69) is 16.5 Å². The maximum Gasteiger partial charge on any atom is 0.338 e. The van der Waals surface area contributed by atoms with Gasteiger partial charge in [0, 0.05) is 31.5 Å². The average Bonchev–Trinajstić information content (AvgIpc) is 3.32. The molecule has 1 aliphatic rings. The molecule has 1 fully saturated rings. The number of nitrogens with zero attached hydrogens (tertiary/aromatic N) is 3. The molecule has 0 saturated heterocycles. The number of nitrogen functional groups attached to an aromatic ring is 1. The molecule has 0 amide bonds. The van der Waals surface area contributed by atoms with Crippen LogP contribution in [0.1, 0.15) is 29.7 Å². The normalized spacial score (nSPS) is 19.8. The minimum atomic E-state index is -0.682. The molecule has 0 spiro atoms.